The number of urea groups is 1. The maximum atomic E-state index is 13.2. The number of alkyl halides is 6. The minimum Gasteiger partial charge on any atom is -0.339 e. The molecule has 3 heterocycles. The van der Waals surface area contributed by atoms with Gasteiger partial charge in [0.25, 0.3) is 11.9 Å². The summed E-state index contributed by atoms with van der Waals surface area (Å²) in [7, 11) is 1.61. The second-order valence-corrected chi connectivity index (χ2v) is 10.9. The van der Waals surface area contributed by atoms with E-state index in [2.05, 4.69) is 15.2 Å². The Balaban J connectivity index is 1.14. The van der Waals surface area contributed by atoms with Crippen LogP contribution in [-0.4, -0.2) is 70.1 Å². The largest absolute Gasteiger partial charge is 0.416 e. The minimum atomic E-state index is -5.02. The van der Waals surface area contributed by atoms with Crippen LogP contribution >= 0.6 is 0 Å². The Kier molecular flexibility index (Phi) is 8.39. The molecule has 2 fully saturated rings. The summed E-state index contributed by atoms with van der Waals surface area (Å²) in [6, 6.07) is 10.2. The summed E-state index contributed by atoms with van der Waals surface area (Å²) in [6.07, 6.45) is -7.40. The van der Waals surface area contributed by atoms with Crippen LogP contribution in [0.2, 0.25) is 0 Å². The van der Waals surface area contributed by atoms with Crippen LogP contribution in [0, 0.1) is 11.8 Å². The number of amides is 3. The number of hydrogen-bond donors (Lipinski definition) is 1. The van der Waals surface area contributed by atoms with Gasteiger partial charge in [0, 0.05) is 44.4 Å². The smallest absolute Gasteiger partial charge is 0.339 e. The number of rotatable bonds is 4. The van der Waals surface area contributed by atoms with Crippen molar-refractivity contribution in [3.63, 3.8) is 0 Å². The van der Waals surface area contributed by atoms with Gasteiger partial charge in [0.15, 0.2) is 5.82 Å². The third-order valence-corrected chi connectivity index (χ3v) is 8.25. The number of nitrogens with one attached hydrogen (secondary N) is 1. The number of H-pyrrole nitrogens is 1. The number of carbonyl (C=O) groups is 2. The lowest BCUT2D eigenvalue weighted by molar-refractivity contribution is -0.143. The fraction of sp³-hybridized carbons (Fsp3) is 0.448. The minimum absolute atomic E-state index is 0.0190. The van der Waals surface area contributed by atoms with Crippen LogP contribution in [0.3, 0.4) is 0 Å². The third-order valence-electron chi connectivity index (χ3n) is 8.25. The van der Waals surface area contributed by atoms with Gasteiger partial charge in [-0.2, -0.15) is 31.3 Å². The Hall–Kier alpha value is -4.10. The second-order valence-electron chi connectivity index (χ2n) is 10.9. The molecule has 1 aromatic heterocycles. The number of benzene rings is 2. The van der Waals surface area contributed by atoms with E-state index >= 15 is 0 Å². The van der Waals surface area contributed by atoms with Crippen LogP contribution in [0.15, 0.2) is 48.5 Å². The third kappa shape index (κ3) is 6.78. The zero-order valence-corrected chi connectivity index (χ0v) is 23.3. The van der Waals surface area contributed by atoms with Crippen molar-refractivity contribution in [3.05, 3.63) is 65.2 Å². The molecular formula is C29H30F6N6O2. The summed E-state index contributed by atoms with van der Waals surface area (Å²) in [5.41, 5.74) is -2.80. The van der Waals surface area contributed by atoms with Crippen LogP contribution in [0.4, 0.5) is 37.1 Å². The molecule has 5 rings (SSSR count). The van der Waals surface area contributed by atoms with E-state index in [1.54, 1.807) is 11.9 Å². The van der Waals surface area contributed by atoms with E-state index < -0.39 is 35.0 Å². The molecule has 0 saturated carbocycles. The van der Waals surface area contributed by atoms with Crippen molar-refractivity contribution in [2.75, 3.05) is 38.1 Å². The molecule has 0 spiro atoms. The molecular weight excluding hydrogens is 578 g/mol. The van der Waals surface area contributed by atoms with Crippen molar-refractivity contribution in [2.24, 2.45) is 11.8 Å². The first kappa shape index (κ1) is 30.4. The molecule has 8 nitrogen and oxygen atoms in total. The van der Waals surface area contributed by atoms with Gasteiger partial charge in [-0.05, 0) is 55.7 Å². The fourth-order valence-corrected chi connectivity index (χ4v) is 5.82. The van der Waals surface area contributed by atoms with E-state index in [1.807, 2.05) is 30.3 Å². The van der Waals surface area contributed by atoms with Crippen molar-refractivity contribution in [3.8, 4) is 11.4 Å². The molecule has 0 bridgehead atoms. The maximum absolute atomic E-state index is 13.2. The van der Waals surface area contributed by atoms with Gasteiger partial charge in [-0.25, -0.2) is 4.79 Å². The highest BCUT2D eigenvalue weighted by Gasteiger charge is 2.39. The molecule has 43 heavy (non-hydrogen) atoms. The number of likely N-dealkylation sites (tertiary alicyclic amines) is 2. The van der Waals surface area contributed by atoms with Gasteiger partial charge in [0.2, 0.25) is 0 Å². The molecule has 3 amide bonds. The first-order valence-electron chi connectivity index (χ1n) is 13.9. The predicted octanol–water partition coefficient (Wildman–Crippen LogP) is 6.33. The Bertz CT molecular complexity index is 1410. The number of aromatic amines is 1. The molecule has 2 saturated heterocycles. The zero-order chi connectivity index (χ0) is 30.9. The van der Waals surface area contributed by atoms with E-state index in [0.717, 1.165) is 18.4 Å². The molecule has 2 aliphatic heterocycles. The lowest BCUT2D eigenvalue weighted by Crippen LogP contribution is -2.47. The van der Waals surface area contributed by atoms with E-state index in [0.29, 0.717) is 43.9 Å². The summed E-state index contributed by atoms with van der Waals surface area (Å²) in [5, 5.41) is 7.02. The highest BCUT2D eigenvalue weighted by Crippen LogP contribution is 2.38. The molecule has 2 aliphatic rings. The van der Waals surface area contributed by atoms with Crippen molar-refractivity contribution < 1.29 is 35.9 Å². The average molecular weight is 609 g/mol. The Morgan fingerprint density at radius 1 is 0.814 bits per heavy atom. The molecule has 0 unspecified atom stereocenters. The quantitative estimate of drug-likeness (QED) is 0.351. The van der Waals surface area contributed by atoms with Crippen LogP contribution in [-0.2, 0) is 12.4 Å². The summed E-state index contributed by atoms with van der Waals surface area (Å²) < 4.78 is 79.5. The van der Waals surface area contributed by atoms with Crippen molar-refractivity contribution in [1.29, 1.82) is 0 Å². The van der Waals surface area contributed by atoms with Gasteiger partial charge in [-0.1, -0.05) is 30.3 Å². The Labute approximate surface area is 243 Å². The summed E-state index contributed by atoms with van der Waals surface area (Å²) in [6.45, 7) is 1.51. The van der Waals surface area contributed by atoms with Gasteiger partial charge in [-0.15, -0.1) is 5.10 Å². The molecule has 3 aromatic rings. The van der Waals surface area contributed by atoms with E-state index in [1.165, 1.54) is 9.80 Å². The Morgan fingerprint density at radius 3 is 1.84 bits per heavy atom. The monoisotopic (exact) mass is 608 g/mol. The molecule has 230 valence electrons. The van der Waals surface area contributed by atoms with Crippen molar-refractivity contribution in [2.45, 2.75) is 38.0 Å². The van der Waals surface area contributed by atoms with Crippen molar-refractivity contribution >= 4 is 17.9 Å². The van der Waals surface area contributed by atoms with Crippen LogP contribution in [0.1, 0.15) is 47.2 Å². The normalized spacial score (nSPS) is 17.3. The second kappa shape index (κ2) is 11.9. The van der Waals surface area contributed by atoms with Crippen LogP contribution in [0.25, 0.3) is 11.4 Å². The first-order chi connectivity index (χ1) is 20.3. The maximum Gasteiger partial charge on any atom is 0.416 e. The number of carbonyl (C=O) groups excluding carboxylic acids is 2. The number of aromatic nitrogens is 3. The number of hydrogen-bond acceptors (Lipinski definition) is 4. The number of halogens is 6. The lowest BCUT2D eigenvalue weighted by Gasteiger charge is -2.40. The van der Waals surface area contributed by atoms with Crippen LogP contribution in [0.5, 0.6) is 0 Å². The molecule has 0 radical (unpaired) electrons. The molecule has 14 heteroatoms. The average Bonchev–Trinajstić information content (AvgIpc) is 3.50. The summed E-state index contributed by atoms with van der Waals surface area (Å²) >= 11 is 0. The predicted molar refractivity (Wildman–Crippen MR) is 145 cm³/mol. The Morgan fingerprint density at radius 2 is 1.33 bits per heavy atom. The van der Waals surface area contributed by atoms with Gasteiger partial charge in [0.05, 0.1) is 11.1 Å². The van der Waals surface area contributed by atoms with E-state index in [4.69, 9.17) is 0 Å². The standard InChI is InChI=1S/C29H30F6N6O2/c1-39(26-36-24(37-38-26)20-5-3-2-4-6-20)27(43)41-13-9-19(10-14-41)18-7-11-40(12-8-18)25(42)21-15-22(28(30,31)32)17-23(16-21)29(33,34)35/h2-6,15-19H,7-14H2,1H3,(H,36,37,38). The lowest BCUT2D eigenvalue weighted by atomic mass is 9.78. The van der Waals surface area contributed by atoms with Crippen LogP contribution < -0.4 is 4.90 Å². The number of nitrogens with zero attached hydrogens (tertiary/aromatic N) is 5. The van der Waals surface area contributed by atoms with Gasteiger partial charge in [0.1, 0.15) is 0 Å². The SMILES string of the molecule is CN(C(=O)N1CCC(C2CCN(C(=O)c3cc(C(F)(F)F)cc(C(F)(F)F)c3)CC2)CC1)c1n[nH]c(-c2ccccc2)n1. The molecule has 0 atom stereocenters. The highest BCUT2D eigenvalue weighted by atomic mass is 19.4. The first-order valence-corrected chi connectivity index (χ1v) is 13.9. The van der Waals surface area contributed by atoms with E-state index in [9.17, 15) is 35.9 Å². The van der Waals surface area contributed by atoms with Gasteiger partial charge in [-0.3, -0.25) is 14.8 Å². The van der Waals surface area contributed by atoms with Crippen molar-refractivity contribution in [1.82, 2.24) is 25.0 Å². The van der Waals surface area contributed by atoms with E-state index in [-0.39, 0.29) is 43.0 Å². The molecule has 2 aromatic carbocycles. The number of piperidine rings is 2. The van der Waals surface area contributed by atoms with Gasteiger partial charge < -0.3 is 9.80 Å². The number of anilines is 1. The highest BCUT2D eigenvalue weighted by molar-refractivity contribution is 5.94. The van der Waals surface area contributed by atoms with Gasteiger partial charge >= 0.3 is 18.4 Å². The summed E-state index contributed by atoms with van der Waals surface area (Å²) in [5.74, 6) is 0.470. The fourth-order valence-electron chi connectivity index (χ4n) is 5.82. The topological polar surface area (TPSA) is 85.4 Å². The molecule has 1 N–H and O–H groups in total. The summed E-state index contributed by atoms with van der Waals surface area (Å²) in [4.78, 5) is 35.0. The zero-order valence-electron chi connectivity index (χ0n) is 23.3. The molecule has 0 aliphatic carbocycles.